The number of aryl methyl sites for hydroxylation is 1. The predicted molar refractivity (Wildman–Crippen MR) is 177 cm³/mol. The second-order valence-electron chi connectivity index (χ2n) is 13.5. The number of halogens is 3. The summed E-state index contributed by atoms with van der Waals surface area (Å²) in [7, 11) is -3.13. The number of nitrogens with one attached hydrogen (secondary N) is 1. The number of hydrogen-bond donors (Lipinski definition) is 1. The maximum atomic E-state index is 15.3. The molecule has 3 saturated heterocycles. The largest absolute Gasteiger partial charge is 0.338 e. The van der Waals surface area contributed by atoms with Crippen LogP contribution in [0.1, 0.15) is 72.7 Å². The molecule has 3 atom stereocenters. The fraction of sp³-hybridized carbons (Fsp3) is 0.444. The van der Waals surface area contributed by atoms with Gasteiger partial charge >= 0.3 is 0 Å². The van der Waals surface area contributed by atoms with Crippen molar-refractivity contribution >= 4 is 27.0 Å². The first-order valence-corrected chi connectivity index (χ1v) is 18.2. The normalized spacial score (nSPS) is 22.8. The number of carbonyl (C=O) groups excluding carboxylic acids is 1. The second kappa shape index (κ2) is 12.6. The summed E-state index contributed by atoms with van der Waals surface area (Å²) in [5, 5.41) is 0. The average molecular weight is 680 g/mol. The highest BCUT2D eigenvalue weighted by molar-refractivity contribution is 7.89. The van der Waals surface area contributed by atoms with E-state index in [9.17, 15) is 22.0 Å². The van der Waals surface area contributed by atoms with E-state index in [0.717, 1.165) is 74.7 Å². The highest BCUT2D eigenvalue weighted by Crippen LogP contribution is 2.45. The zero-order valence-electron chi connectivity index (χ0n) is 27.1. The number of benzene rings is 3. The van der Waals surface area contributed by atoms with Gasteiger partial charge in [0.25, 0.3) is 5.91 Å². The van der Waals surface area contributed by atoms with Crippen molar-refractivity contribution in [2.24, 2.45) is 0 Å². The van der Waals surface area contributed by atoms with Gasteiger partial charge in [0.2, 0.25) is 10.0 Å². The molecule has 3 fully saturated rings. The van der Waals surface area contributed by atoms with Crippen molar-refractivity contribution in [3.63, 3.8) is 0 Å². The lowest BCUT2D eigenvalue weighted by molar-refractivity contribution is 0.0598. The third-order valence-electron chi connectivity index (χ3n) is 11.1. The van der Waals surface area contributed by atoms with Crippen LogP contribution in [0.15, 0.2) is 65.6 Å². The van der Waals surface area contributed by atoms with Crippen molar-refractivity contribution in [1.29, 1.82) is 0 Å². The summed E-state index contributed by atoms with van der Waals surface area (Å²) in [6.07, 6.45) is 6.03. The highest BCUT2D eigenvalue weighted by Gasteiger charge is 2.44. The number of hydrogen-bond acceptors (Lipinski definition) is 5. The molecule has 2 bridgehead atoms. The van der Waals surface area contributed by atoms with Crippen LogP contribution < -0.4 is 4.72 Å². The van der Waals surface area contributed by atoms with Gasteiger partial charge in [0.05, 0.1) is 11.0 Å². The van der Waals surface area contributed by atoms with Gasteiger partial charge in [-0.05, 0) is 113 Å². The predicted octanol–water partition coefficient (Wildman–Crippen LogP) is 6.10. The molecular weight excluding hydrogens is 639 g/mol. The fourth-order valence-electron chi connectivity index (χ4n) is 8.63. The summed E-state index contributed by atoms with van der Waals surface area (Å²) >= 11 is 0. The van der Waals surface area contributed by atoms with Crippen LogP contribution in [-0.2, 0) is 15.4 Å². The molecule has 3 aromatic carbocycles. The number of nitrogens with zero attached hydrogens (tertiary/aromatic N) is 4. The summed E-state index contributed by atoms with van der Waals surface area (Å²) in [6, 6.07) is 17.7. The Kier molecular flexibility index (Phi) is 8.62. The quantitative estimate of drug-likeness (QED) is 0.243. The van der Waals surface area contributed by atoms with Crippen LogP contribution in [0.5, 0.6) is 0 Å². The molecule has 12 heteroatoms. The summed E-state index contributed by atoms with van der Waals surface area (Å²) < 4.78 is 73.9. The van der Waals surface area contributed by atoms with Gasteiger partial charge in [0.15, 0.2) is 5.82 Å². The van der Waals surface area contributed by atoms with E-state index < -0.39 is 43.4 Å². The van der Waals surface area contributed by atoms with Gasteiger partial charge in [-0.2, -0.15) is 0 Å². The van der Waals surface area contributed by atoms with E-state index in [1.165, 1.54) is 16.5 Å². The van der Waals surface area contributed by atoms with Gasteiger partial charge in [-0.1, -0.05) is 24.3 Å². The van der Waals surface area contributed by atoms with E-state index in [1.807, 2.05) is 16.9 Å². The van der Waals surface area contributed by atoms with Crippen LogP contribution >= 0.6 is 0 Å². The minimum absolute atomic E-state index is 0.194. The number of piperidine rings is 2. The zero-order chi connectivity index (χ0) is 33.8. The summed E-state index contributed by atoms with van der Waals surface area (Å²) in [5.41, 5.74) is 1.73. The third-order valence-corrected chi connectivity index (χ3v) is 12.5. The Morgan fingerprint density at radius 2 is 1.67 bits per heavy atom. The number of rotatable bonds is 8. The Morgan fingerprint density at radius 3 is 2.35 bits per heavy atom. The van der Waals surface area contributed by atoms with E-state index in [4.69, 9.17) is 4.98 Å². The van der Waals surface area contributed by atoms with Crippen LogP contribution in [0.4, 0.5) is 13.2 Å². The molecule has 1 aromatic heterocycles. The second-order valence-corrected chi connectivity index (χ2v) is 15.4. The lowest BCUT2D eigenvalue weighted by atomic mass is 9.70. The third kappa shape index (κ3) is 5.71. The van der Waals surface area contributed by atoms with Crippen LogP contribution in [0.25, 0.3) is 11.0 Å². The summed E-state index contributed by atoms with van der Waals surface area (Å²) in [6.45, 7) is 3.29. The molecule has 48 heavy (non-hydrogen) atoms. The van der Waals surface area contributed by atoms with Gasteiger partial charge in [0, 0.05) is 31.2 Å². The number of fused-ring (bicyclic) bond motifs is 3. The molecule has 4 aromatic rings. The van der Waals surface area contributed by atoms with Crippen LogP contribution in [0.3, 0.4) is 0 Å². The number of carbonyl (C=O) groups is 1. The molecule has 3 aliphatic rings. The van der Waals surface area contributed by atoms with Crippen LogP contribution in [0.2, 0.25) is 0 Å². The molecule has 0 spiro atoms. The van der Waals surface area contributed by atoms with Gasteiger partial charge in [0.1, 0.15) is 27.9 Å². The van der Waals surface area contributed by atoms with E-state index in [1.54, 1.807) is 12.1 Å². The lowest BCUT2D eigenvalue weighted by Crippen LogP contribution is -2.49. The molecule has 1 N–H and O–H groups in total. The Labute approximate surface area is 279 Å². The van der Waals surface area contributed by atoms with Crippen LogP contribution in [-0.4, -0.2) is 72.4 Å². The van der Waals surface area contributed by atoms with Gasteiger partial charge < -0.3 is 9.47 Å². The van der Waals surface area contributed by atoms with Crippen LogP contribution in [0, 0.1) is 24.4 Å². The van der Waals surface area contributed by atoms with Crippen molar-refractivity contribution in [2.75, 3.05) is 26.7 Å². The number of likely N-dealkylation sites (tertiary alicyclic amines) is 1. The first-order valence-electron chi connectivity index (χ1n) is 16.7. The van der Waals surface area contributed by atoms with E-state index in [0.29, 0.717) is 31.0 Å². The Morgan fingerprint density at radius 1 is 0.958 bits per heavy atom. The monoisotopic (exact) mass is 679 g/mol. The molecule has 0 saturated carbocycles. The number of aromatic nitrogens is 2. The number of sulfonamides is 1. The van der Waals surface area contributed by atoms with Crippen molar-refractivity contribution in [2.45, 2.75) is 80.3 Å². The maximum Gasteiger partial charge on any atom is 0.259 e. The van der Waals surface area contributed by atoms with Crippen molar-refractivity contribution in [1.82, 2.24) is 24.1 Å². The van der Waals surface area contributed by atoms with Crippen molar-refractivity contribution in [3.8, 4) is 0 Å². The van der Waals surface area contributed by atoms with Gasteiger partial charge in [-0.15, -0.1) is 0 Å². The standard InChI is InChI=1S/C36H40F3N5O3S/c1-23-41-30-8-3-4-9-31(30)44(23)28-21-26-10-11-27(22-28)43(26)19-16-36(24-6-5-7-25(37)20-24)14-17-42(18-15-36)35(45)33-29(38)12-13-32(34(33)39)48(46,47)40-2/h3-9,12-13,20,26-28,40H,10-11,14-19,21-22H2,1-2H3/t26-,27+,28+. The smallest absolute Gasteiger partial charge is 0.259 e. The molecule has 0 radical (unpaired) electrons. The Hall–Kier alpha value is -3.74. The minimum Gasteiger partial charge on any atom is -0.338 e. The Balaban J connectivity index is 1.09. The maximum absolute atomic E-state index is 15.3. The SMILES string of the molecule is CNS(=O)(=O)c1ccc(F)c(C(=O)N2CCC(CCN3[C@@H]4CC[C@H]3C[C@@H](n3c(C)nc5ccccc53)C4)(c3cccc(F)c3)CC2)c1F. The molecule has 254 valence electrons. The lowest BCUT2D eigenvalue weighted by Gasteiger charge is -2.45. The summed E-state index contributed by atoms with van der Waals surface area (Å²) in [5.74, 6) is -2.72. The van der Waals surface area contributed by atoms with Gasteiger partial charge in [-0.3, -0.25) is 9.69 Å². The first kappa shape index (κ1) is 32.8. The number of imidazole rings is 1. The molecule has 7 rings (SSSR count). The first-order chi connectivity index (χ1) is 23.0. The molecule has 3 aliphatic heterocycles. The van der Waals surface area contributed by atoms with E-state index >= 15 is 4.39 Å². The average Bonchev–Trinajstić information content (AvgIpc) is 3.53. The number of amides is 1. The molecule has 4 heterocycles. The van der Waals surface area contributed by atoms with E-state index in [2.05, 4.69) is 34.6 Å². The molecular formula is C36H40F3N5O3S. The summed E-state index contributed by atoms with van der Waals surface area (Å²) in [4.78, 5) is 21.5. The fourth-order valence-corrected chi connectivity index (χ4v) is 9.44. The molecule has 0 unspecified atom stereocenters. The molecule has 1 amide bonds. The van der Waals surface area contributed by atoms with Crippen molar-refractivity contribution < 1.29 is 26.4 Å². The number of para-hydroxylation sites is 2. The minimum atomic E-state index is -4.25. The van der Waals surface area contributed by atoms with E-state index in [-0.39, 0.29) is 18.9 Å². The highest BCUT2D eigenvalue weighted by atomic mass is 32.2. The molecule has 0 aliphatic carbocycles. The zero-order valence-corrected chi connectivity index (χ0v) is 27.9. The van der Waals surface area contributed by atoms with Crippen molar-refractivity contribution in [3.05, 3.63) is 95.1 Å². The molecule has 8 nitrogen and oxygen atoms in total. The Bertz CT molecular complexity index is 1960. The topological polar surface area (TPSA) is 87.5 Å². The van der Waals surface area contributed by atoms with Gasteiger partial charge in [-0.25, -0.2) is 31.3 Å².